The van der Waals surface area contributed by atoms with E-state index in [9.17, 15) is 14.7 Å². The molecular weight excluding hydrogens is 300 g/mol. The SMILES string of the molecule is CC(C)N(CCCO)C1(CC(=O)O)CN(C(=O)OC(C)(C)C)C1. The number of hydrogen-bond donors (Lipinski definition) is 2. The van der Waals surface area contributed by atoms with E-state index in [2.05, 4.69) is 4.90 Å². The Hall–Kier alpha value is -1.34. The van der Waals surface area contributed by atoms with Gasteiger partial charge in [0.2, 0.25) is 0 Å². The third kappa shape index (κ3) is 5.35. The van der Waals surface area contributed by atoms with E-state index in [1.165, 1.54) is 0 Å². The number of aliphatic carboxylic acids is 1. The highest BCUT2D eigenvalue weighted by Gasteiger charge is 2.52. The van der Waals surface area contributed by atoms with Crippen molar-refractivity contribution in [3.05, 3.63) is 0 Å². The van der Waals surface area contributed by atoms with E-state index in [1.807, 2.05) is 13.8 Å². The molecule has 1 fully saturated rings. The first kappa shape index (κ1) is 19.7. The second-order valence-corrected chi connectivity index (χ2v) is 7.50. The number of likely N-dealkylation sites (tertiary alicyclic amines) is 1. The van der Waals surface area contributed by atoms with Crippen LogP contribution in [0, 0.1) is 0 Å². The molecule has 0 saturated carbocycles. The van der Waals surface area contributed by atoms with E-state index in [-0.39, 0.29) is 19.1 Å². The molecule has 1 amide bonds. The fourth-order valence-electron chi connectivity index (χ4n) is 3.08. The number of carboxylic acid groups (broad SMARTS) is 1. The van der Waals surface area contributed by atoms with E-state index in [0.717, 1.165) is 0 Å². The minimum atomic E-state index is -0.886. The van der Waals surface area contributed by atoms with Gasteiger partial charge in [0, 0.05) is 32.3 Å². The molecule has 23 heavy (non-hydrogen) atoms. The zero-order chi connectivity index (χ0) is 17.8. The monoisotopic (exact) mass is 330 g/mol. The largest absolute Gasteiger partial charge is 0.481 e. The topological polar surface area (TPSA) is 90.3 Å². The van der Waals surface area contributed by atoms with E-state index < -0.39 is 23.2 Å². The number of ether oxygens (including phenoxy) is 1. The summed E-state index contributed by atoms with van der Waals surface area (Å²) in [4.78, 5) is 27.0. The number of carbonyl (C=O) groups excluding carboxylic acids is 1. The van der Waals surface area contributed by atoms with E-state index in [0.29, 0.717) is 26.1 Å². The molecule has 0 spiro atoms. The Morgan fingerprint density at radius 2 is 1.87 bits per heavy atom. The van der Waals surface area contributed by atoms with Gasteiger partial charge in [0.05, 0.1) is 12.0 Å². The van der Waals surface area contributed by atoms with Crippen molar-refractivity contribution in [2.45, 2.75) is 64.6 Å². The molecule has 0 unspecified atom stereocenters. The van der Waals surface area contributed by atoms with Crippen LogP contribution < -0.4 is 0 Å². The van der Waals surface area contributed by atoms with E-state index in [4.69, 9.17) is 9.84 Å². The third-order valence-electron chi connectivity index (χ3n) is 3.89. The third-order valence-corrected chi connectivity index (χ3v) is 3.89. The molecule has 1 aliphatic rings. The highest BCUT2D eigenvalue weighted by Crippen LogP contribution is 2.34. The maximum Gasteiger partial charge on any atom is 0.410 e. The van der Waals surface area contributed by atoms with E-state index in [1.54, 1.807) is 25.7 Å². The minimum Gasteiger partial charge on any atom is -0.481 e. The lowest BCUT2D eigenvalue weighted by atomic mass is 9.83. The van der Waals surface area contributed by atoms with Crippen molar-refractivity contribution in [2.24, 2.45) is 0 Å². The van der Waals surface area contributed by atoms with Crippen molar-refractivity contribution in [3.8, 4) is 0 Å². The molecule has 0 aromatic rings. The predicted molar refractivity (Wildman–Crippen MR) is 86.3 cm³/mol. The smallest absolute Gasteiger partial charge is 0.410 e. The molecule has 0 aromatic carbocycles. The Morgan fingerprint density at radius 3 is 2.26 bits per heavy atom. The van der Waals surface area contributed by atoms with Crippen LogP contribution in [0.1, 0.15) is 47.5 Å². The number of carboxylic acids is 1. The molecule has 1 heterocycles. The van der Waals surface area contributed by atoms with Crippen molar-refractivity contribution in [1.29, 1.82) is 0 Å². The molecule has 1 saturated heterocycles. The van der Waals surface area contributed by atoms with Crippen molar-refractivity contribution in [3.63, 3.8) is 0 Å². The predicted octanol–water partition coefficient (Wildman–Crippen LogP) is 1.54. The van der Waals surface area contributed by atoms with Crippen LogP contribution in [0.2, 0.25) is 0 Å². The summed E-state index contributed by atoms with van der Waals surface area (Å²) in [7, 11) is 0. The molecule has 0 aromatic heterocycles. The molecule has 0 atom stereocenters. The van der Waals surface area contributed by atoms with Crippen molar-refractivity contribution in [1.82, 2.24) is 9.80 Å². The summed E-state index contributed by atoms with van der Waals surface area (Å²) in [6.45, 7) is 10.7. The number of aliphatic hydroxyl groups excluding tert-OH is 1. The van der Waals surface area contributed by atoms with Crippen LogP contribution in [0.3, 0.4) is 0 Å². The first-order valence-electron chi connectivity index (χ1n) is 8.08. The Kier molecular flexibility index (Phi) is 6.41. The van der Waals surface area contributed by atoms with Gasteiger partial charge in [0.1, 0.15) is 5.60 Å². The number of nitrogens with zero attached hydrogens (tertiary/aromatic N) is 2. The van der Waals surface area contributed by atoms with Crippen molar-refractivity contribution in [2.75, 3.05) is 26.2 Å². The van der Waals surface area contributed by atoms with Gasteiger partial charge in [0.15, 0.2) is 0 Å². The van der Waals surface area contributed by atoms with Gasteiger partial charge >= 0.3 is 12.1 Å². The van der Waals surface area contributed by atoms with Gasteiger partial charge in [-0.1, -0.05) is 0 Å². The Labute approximate surface area is 138 Å². The average Bonchev–Trinajstić information content (AvgIpc) is 2.31. The summed E-state index contributed by atoms with van der Waals surface area (Å²) in [5.41, 5.74) is -1.16. The molecule has 7 nitrogen and oxygen atoms in total. The molecule has 0 aliphatic carbocycles. The first-order valence-corrected chi connectivity index (χ1v) is 8.08. The minimum absolute atomic E-state index is 0.0318. The van der Waals surface area contributed by atoms with Gasteiger partial charge in [0.25, 0.3) is 0 Å². The molecule has 1 aliphatic heterocycles. The number of aliphatic hydroxyl groups is 1. The number of amides is 1. The highest BCUT2D eigenvalue weighted by atomic mass is 16.6. The lowest BCUT2D eigenvalue weighted by Gasteiger charge is -2.56. The molecule has 1 rings (SSSR count). The Morgan fingerprint density at radius 1 is 1.30 bits per heavy atom. The molecule has 0 radical (unpaired) electrons. The summed E-state index contributed by atoms with van der Waals surface area (Å²) >= 11 is 0. The fraction of sp³-hybridized carbons (Fsp3) is 0.875. The molecule has 134 valence electrons. The fourth-order valence-corrected chi connectivity index (χ4v) is 3.08. The zero-order valence-electron chi connectivity index (χ0n) is 14.8. The van der Waals surface area contributed by atoms with Crippen molar-refractivity contribution < 1.29 is 24.5 Å². The molecular formula is C16H30N2O5. The molecule has 0 bridgehead atoms. The molecule has 7 heteroatoms. The number of rotatable bonds is 7. The summed E-state index contributed by atoms with van der Waals surface area (Å²) in [6, 6.07) is 0.127. The Balaban J connectivity index is 2.83. The first-order chi connectivity index (χ1) is 10.5. The lowest BCUT2D eigenvalue weighted by molar-refractivity contribution is -0.147. The maximum atomic E-state index is 12.1. The number of hydrogen-bond acceptors (Lipinski definition) is 5. The van der Waals surface area contributed by atoms with Crippen molar-refractivity contribution >= 4 is 12.1 Å². The van der Waals surface area contributed by atoms with Gasteiger partial charge in [-0.05, 0) is 41.0 Å². The van der Waals surface area contributed by atoms with Gasteiger partial charge in [-0.2, -0.15) is 0 Å². The quantitative estimate of drug-likeness (QED) is 0.736. The maximum absolute atomic E-state index is 12.1. The number of carbonyl (C=O) groups is 2. The average molecular weight is 330 g/mol. The van der Waals surface area contributed by atoms with Crippen LogP contribution in [0.15, 0.2) is 0 Å². The second kappa shape index (κ2) is 7.49. The van der Waals surface area contributed by atoms with Crippen LogP contribution in [0.25, 0.3) is 0 Å². The summed E-state index contributed by atoms with van der Waals surface area (Å²) < 4.78 is 5.34. The van der Waals surface area contributed by atoms with E-state index >= 15 is 0 Å². The standard InChI is InChI=1S/C16H30N2O5/c1-12(2)18(7-6-8-19)16(9-13(20)21)10-17(11-16)14(22)23-15(3,4)5/h12,19H,6-11H2,1-5H3,(H,20,21). The van der Waals surface area contributed by atoms with Crippen LogP contribution in [-0.4, -0.2) is 75.5 Å². The van der Waals surface area contributed by atoms with Gasteiger partial charge < -0.3 is 19.8 Å². The zero-order valence-corrected chi connectivity index (χ0v) is 14.8. The summed E-state index contributed by atoms with van der Waals surface area (Å²) in [6.07, 6.45) is 0.131. The second-order valence-electron chi connectivity index (χ2n) is 7.50. The van der Waals surface area contributed by atoms with Gasteiger partial charge in [-0.25, -0.2) is 4.79 Å². The lowest BCUT2D eigenvalue weighted by Crippen LogP contribution is -2.73. The van der Waals surface area contributed by atoms with Gasteiger partial charge in [-0.3, -0.25) is 9.69 Å². The summed E-state index contributed by atoms with van der Waals surface area (Å²) in [5.74, 6) is -0.886. The Bertz CT molecular complexity index is 425. The molecule has 2 N–H and O–H groups in total. The highest BCUT2D eigenvalue weighted by molar-refractivity contribution is 5.73. The van der Waals surface area contributed by atoms with Crippen LogP contribution in [-0.2, 0) is 9.53 Å². The normalized spacial score (nSPS) is 17.3. The van der Waals surface area contributed by atoms with Crippen LogP contribution >= 0.6 is 0 Å². The summed E-state index contributed by atoms with van der Waals surface area (Å²) in [5, 5.41) is 18.3. The van der Waals surface area contributed by atoms with Crippen LogP contribution in [0.4, 0.5) is 4.79 Å². The van der Waals surface area contributed by atoms with Crippen LogP contribution in [0.5, 0.6) is 0 Å². The van der Waals surface area contributed by atoms with Gasteiger partial charge in [-0.15, -0.1) is 0 Å².